The molecule has 1 aromatic carbocycles. The van der Waals surface area contributed by atoms with E-state index in [-0.39, 0.29) is 6.10 Å². The van der Waals surface area contributed by atoms with Crippen molar-refractivity contribution in [1.29, 1.82) is 5.26 Å². The van der Waals surface area contributed by atoms with Crippen LogP contribution >= 0.6 is 0 Å². The van der Waals surface area contributed by atoms with Gasteiger partial charge in [0.25, 0.3) is 0 Å². The Morgan fingerprint density at radius 2 is 2.33 bits per heavy atom. The first kappa shape index (κ1) is 7.33. The summed E-state index contributed by atoms with van der Waals surface area (Å²) in [6, 6.07) is 9.72. The van der Waals surface area contributed by atoms with E-state index in [4.69, 9.17) is 10.00 Å². The monoisotopic (exact) mass is 159 g/mol. The van der Waals surface area contributed by atoms with Gasteiger partial charge in [0.05, 0.1) is 24.3 Å². The Bertz CT molecular complexity index is 323. The average Bonchev–Trinajstić information content (AvgIpc) is 2.02. The van der Waals surface area contributed by atoms with Gasteiger partial charge < -0.3 is 4.74 Å². The van der Waals surface area contributed by atoms with E-state index in [1.807, 2.05) is 24.3 Å². The molecule has 1 heterocycles. The Balaban J connectivity index is 2.27. The lowest BCUT2D eigenvalue weighted by Gasteiger charge is -2.26. The quantitative estimate of drug-likeness (QED) is 0.628. The van der Waals surface area contributed by atoms with Gasteiger partial charge in [0, 0.05) is 6.42 Å². The number of nitrogens with zero attached hydrogens (tertiary/aromatic N) is 1. The molecule has 0 N–H and O–H groups in total. The lowest BCUT2D eigenvalue weighted by molar-refractivity contribution is -0.0527. The van der Waals surface area contributed by atoms with E-state index in [2.05, 4.69) is 6.07 Å². The van der Waals surface area contributed by atoms with Crippen molar-refractivity contribution in [2.45, 2.75) is 12.5 Å². The molecule has 2 heteroatoms. The van der Waals surface area contributed by atoms with E-state index >= 15 is 0 Å². The summed E-state index contributed by atoms with van der Waals surface area (Å²) in [7, 11) is 0. The Morgan fingerprint density at radius 3 is 2.92 bits per heavy atom. The molecular formula is C10H9NO. The van der Waals surface area contributed by atoms with Crippen LogP contribution in [0.3, 0.4) is 0 Å². The van der Waals surface area contributed by atoms with Gasteiger partial charge >= 0.3 is 0 Å². The average molecular weight is 159 g/mol. The highest BCUT2D eigenvalue weighted by Gasteiger charge is 2.19. The van der Waals surface area contributed by atoms with Crippen LogP contribution in [-0.4, -0.2) is 6.61 Å². The molecule has 0 saturated carbocycles. The van der Waals surface area contributed by atoms with Crippen molar-refractivity contribution in [1.82, 2.24) is 0 Å². The van der Waals surface area contributed by atoms with Gasteiger partial charge in [-0.3, -0.25) is 0 Å². The summed E-state index contributed by atoms with van der Waals surface area (Å²) in [6.45, 7) is 0.849. The topological polar surface area (TPSA) is 33.0 Å². The van der Waals surface area contributed by atoms with Crippen LogP contribution in [0.5, 0.6) is 0 Å². The van der Waals surface area contributed by atoms with E-state index in [1.165, 1.54) is 0 Å². The minimum atomic E-state index is 0.235. The van der Waals surface area contributed by atoms with Gasteiger partial charge in [0.15, 0.2) is 0 Å². The zero-order valence-electron chi connectivity index (χ0n) is 6.66. The number of benzene rings is 1. The molecule has 0 bridgehead atoms. The van der Waals surface area contributed by atoms with E-state index in [0.717, 1.165) is 18.6 Å². The van der Waals surface area contributed by atoms with Crippen LogP contribution in [-0.2, 0) is 4.74 Å². The van der Waals surface area contributed by atoms with Crippen LogP contribution in [0.4, 0.5) is 0 Å². The molecule has 1 aliphatic rings. The van der Waals surface area contributed by atoms with Crippen molar-refractivity contribution in [3.8, 4) is 6.07 Å². The van der Waals surface area contributed by atoms with E-state index in [9.17, 15) is 0 Å². The first-order valence-corrected chi connectivity index (χ1v) is 4.02. The molecule has 1 saturated heterocycles. The summed E-state index contributed by atoms with van der Waals surface area (Å²) in [6.07, 6.45) is 1.31. The van der Waals surface area contributed by atoms with Crippen molar-refractivity contribution >= 4 is 0 Å². The van der Waals surface area contributed by atoms with Crippen LogP contribution in [0.1, 0.15) is 23.7 Å². The maximum atomic E-state index is 8.64. The minimum absolute atomic E-state index is 0.235. The van der Waals surface area contributed by atoms with E-state index in [0.29, 0.717) is 5.56 Å². The van der Waals surface area contributed by atoms with E-state index in [1.54, 1.807) is 0 Å². The first-order valence-electron chi connectivity index (χ1n) is 4.02. The van der Waals surface area contributed by atoms with Crippen molar-refractivity contribution in [3.63, 3.8) is 0 Å². The van der Waals surface area contributed by atoms with E-state index < -0.39 is 0 Å². The minimum Gasteiger partial charge on any atom is -0.373 e. The predicted octanol–water partition coefficient (Wildman–Crippen LogP) is 2.02. The Morgan fingerprint density at radius 1 is 1.50 bits per heavy atom. The lowest BCUT2D eigenvalue weighted by atomic mass is 10.0. The lowest BCUT2D eigenvalue weighted by Crippen LogP contribution is -2.18. The Kier molecular flexibility index (Phi) is 1.81. The zero-order valence-corrected chi connectivity index (χ0v) is 6.66. The maximum Gasteiger partial charge on any atom is 0.0991 e. The molecular weight excluding hydrogens is 150 g/mol. The first-order chi connectivity index (χ1) is 5.90. The molecule has 0 spiro atoms. The van der Waals surface area contributed by atoms with Crippen LogP contribution in [0.15, 0.2) is 24.3 Å². The molecule has 1 aliphatic heterocycles. The molecule has 0 amide bonds. The number of hydrogen-bond acceptors (Lipinski definition) is 2. The molecule has 0 unspecified atom stereocenters. The third-order valence-corrected chi connectivity index (χ3v) is 2.09. The summed E-state index contributed by atoms with van der Waals surface area (Å²) in [5.74, 6) is 0. The smallest absolute Gasteiger partial charge is 0.0991 e. The number of nitriles is 1. The summed E-state index contributed by atoms with van der Waals surface area (Å²) in [5.41, 5.74) is 1.84. The molecule has 1 fully saturated rings. The molecule has 1 aromatic rings. The predicted molar refractivity (Wildman–Crippen MR) is 44.5 cm³/mol. The number of hydrogen-bond donors (Lipinski definition) is 0. The summed E-state index contributed by atoms with van der Waals surface area (Å²) in [5, 5.41) is 8.64. The molecule has 0 radical (unpaired) electrons. The van der Waals surface area contributed by atoms with Gasteiger partial charge in [0.1, 0.15) is 0 Å². The van der Waals surface area contributed by atoms with Crippen molar-refractivity contribution in [3.05, 3.63) is 35.4 Å². The van der Waals surface area contributed by atoms with Crippen LogP contribution in [0.2, 0.25) is 0 Å². The highest BCUT2D eigenvalue weighted by molar-refractivity contribution is 5.34. The fraction of sp³-hybridized carbons (Fsp3) is 0.300. The van der Waals surface area contributed by atoms with Crippen molar-refractivity contribution in [2.24, 2.45) is 0 Å². The molecule has 60 valence electrons. The van der Waals surface area contributed by atoms with Gasteiger partial charge in [-0.1, -0.05) is 12.1 Å². The van der Waals surface area contributed by atoms with Crippen molar-refractivity contribution in [2.75, 3.05) is 6.61 Å². The molecule has 0 aromatic heterocycles. The summed E-state index contributed by atoms with van der Waals surface area (Å²) >= 11 is 0. The second-order valence-corrected chi connectivity index (χ2v) is 2.89. The third-order valence-electron chi connectivity index (χ3n) is 2.09. The standard InChI is InChI=1S/C10H9NO/c11-7-8-2-1-3-9(6-8)10-4-5-12-10/h1-3,6,10H,4-5H2/t10-/m0/s1. The molecule has 2 nitrogen and oxygen atoms in total. The highest BCUT2D eigenvalue weighted by atomic mass is 16.5. The molecule has 0 aliphatic carbocycles. The largest absolute Gasteiger partial charge is 0.373 e. The third kappa shape index (κ3) is 1.19. The van der Waals surface area contributed by atoms with Gasteiger partial charge in [-0.15, -0.1) is 0 Å². The van der Waals surface area contributed by atoms with Gasteiger partial charge in [-0.2, -0.15) is 5.26 Å². The highest BCUT2D eigenvalue weighted by Crippen LogP contribution is 2.29. The Hall–Kier alpha value is -1.33. The summed E-state index contributed by atoms with van der Waals surface area (Å²) < 4.78 is 5.31. The fourth-order valence-electron chi connectivity index (χ4n) is 1.31. The molecule has 12 heavy (non-hydrogen) atoms. The zero-order chi connectivity index (χ0) is 8.39. The number of rotatable bonds is 1. The van der Waals surface area contributed by atoms with Crippen LogP contribution in [0, 0.1) is 11.3 Å². The molecule has 2 rings (SSSR count). The number of ether oxygens (including phenoxy) is 1. The SMILES string of the molecule is N#Cc1cccc([C@@H]2CCO2)c1. The molecule has 1 atom stereocenters. The van der Waals surface area contributed by atoms with Gasteiger partial charge in [-0.25, -0.2) is 0 Å². The van der Waals surface area contributed by atoms with Crippen LogP contribution in [0.25, 0.3) is 0 Å². The van der Waals surface area contributed by atoms with Crippen molar-refractivity contribution < 1.29 is 4.74 Å². The van der Waals surface area contributed by atoms with Gasteiger partial charge in [0.2, 0.25) is 0 Å². The van der Waals surface area contributed by atoms with Gasteiger partial charge in [-0.05, 0) is 17.7 Å². The fourth-order valence-corrected chi connectivity index (χ4v) is 1.31. The second-order valence-electron chi connectivity index (χ2n) is 2.89. The normalized spacial score (nSPS) is 21.1. The second kappa shape index (κ2) is 2.96. The van der Waals surface area contributed by atoms with Crippen LogP contribution < -0.4 is 0 Å². The Labute approximate surface area is 71.4 Å². The summed E-state index contributed by atoms with van der Waals surface area (Å²) in [4.78, 5) is 0. The maximum absolute atomic E-state index is 8.64.